The van der Waals surface area contributed by atoms with E-state index in [0.29, 0.717) is 18.8 Å². The molecule has 9 heteroatoms. The number of hydrogen-bond acceptors (Lipinski definition) is 5. The highest BCUT2D eigenvalue weighted by Crippen LogP contribution is 2.28. The first-order chi connectivity index (χ1) is 12.8. The Bertz CT molecular complexity index is 902. The highest BCUT2D eigenvalue weighted by molar-refractivity contribution is 7.89. The second-order valence-corrected chi connectivity index (χ2v) is 7.96. The molecule has 27 heavy (non-hydrogen) atoms. The number of esters is 1. The minimum Gasteiger partial charge on any atom is -0.482 e. The Morgan fingerprint density at radius 3 is 2.63 bits per heavy atom. The van der Waals surface area contributed by atoms with E-state index in [2.05, 4.69) is 4.72 Å². The Labute approximate surface area is 168 Å². The number of benzene rings is 2. The number of halogens is 2. The van der Waals surface area contributed by atoms with E-state index in [1.54, 1.807) is 25.1 Å². The summed E-state index contributed by atoms with van der Waals surface area (Å²) in [5.41, 5.74) is 0.844. The number of carbonyl (C=O) groups is 1. The van der Waals surface area contributed by atoms with Gasteiger partial charge in [-0.05, 0) is 43.2 Å². The molecule has 0 spiro atoms. The normalized spacial score (nSPS) is 11.2. The quantitative estimate of drug-likeness (QED) is 0.614. The lowest BCUT2D eigenvalue weighted by Crippen LogP contribution is -2.26. The molecule has 2 aromatic rings. The van der Waals surface area contributed by atoms with Gasteiger partial charge in [0.1, 0.15) is 10.6 Å². The predicted octanol–water partition coefficient (Wildman–Crippen LogP) is 3.46. The van der Waals surface area contributed by atoms with Gasteiger partial charge in [0, 0.05) is 6.54 Å². The van der Waals surface area contributed by atoms with Crippen LogP contribution in [0.3, 0.4) is 0 Å². The molecular weight excluding hydrogens is 413 g/mol. The molecule has 0 saturated carbocycles. The van der Waals surface area contributed by atoms with Gasteiger partial charge < -0.3 is 9.47 Å². The van der Waals surface area contributed by atoms with Gasteiger partial charge in [-0.1, -0.05) is 41.4 Å². The maximum atomic E-state index is 12.4. The van der Waals surface area contributed by atoms with Crippen LogP contribution in [0.25, 0.3) is 0 Å². The Morgan fingerprint density at radius 1 is 1.15 bits per heavy atom. The molecule has 0 amide bonds. The third-order valence-corrected chi connectivity index (χ3v) is 5.91. The van der Waals surface area contributed by atoms with Crippen LogP contribution in [0.4, 0.5) is 0 Å². The van der Waals surface area contributed by atoms with Crippen molar-refractivity contribution in [3.8, 4) is 5.75 Å². The molecule has 2 rings (SSSR count). The molecule has 0 aliphatic heterocycles. The molecule has 0 aromatic heterocycles. The van der Waals surface area contributed by atoms with E-state index in [0.717, 1.165) is 5.56 Å². The van der Waals surface area contributed by atoms with Crippen molar-refractivity contribution in [1.29, 1.82) is 0 Å². The van der Waals surface area contributed by atoms with Crippen molar-refractivity contribution in [2.24, 2.45) is 0 Å². The standard InChI is InChI=1S/C18H19Cl2NO5S/c1-2-25-17(22)12-26-14-6-3-5-13(11-14)9-10-21-27(23,24)16-8-4-7-15(19)18(16)20/h3-8,11,21H,2,9-10,12H2,1H3. The Morgan fingerprint density at radius 2 is 1.89 bits per heavy atom. The van der Waals surface area contributed by atoms with Gasteiger partial charge in [0.05, 0.1) is 16.7 Å². The number of hydrogen-bond donors (Lipinski definition) is 1. The summed E-state index contributed by atoms with van der Waals surface area (Å²) >= 11 is 11.8. The van der Waals surface area contributed by atoms with E-state index in [9.17, 15) is 13.2 Å². The van der Waals surface area contributed by atoms with E-state index in [1.807, 2.05) is 6.07 Å². The van der Waals surface area contributed by atoms with Crippen LogP contribution in [0, 0.1) is 0 Å². The molecule has 1 N–H and O–H groups in total. The lowest BCUT2D eigenvalue weighted by Gasteiger charge is -2.10. The van der Waals surface area contributed by atoms with Crippen molar-refractivity contribution >= 4 is 39.2 Å². The second kappa shape index (κ2) is 9.94. The SMILES string of the molecule is CCOC(=O)COc1cccc(CCNS(=O)(=O)c2cccc(Cl)c2Cl)c1. The highest BCUT2D eigenvalue weighted by Gasteiger charge is 2.18. The number of ether oxygens (including phenoxy) is 2. The molecule has 2 aromatic carbocycles. The molecule has 0 unspecified atom stereocenters. The Balaban J connectivity index is 1.94. The van der Waals surface area contributed by atoms with Gasteiger partial charge in [0.2, 0.25) is 10.0 Å². The summed E-state index contributed by atoms with van der Waals surface area (Å²) in [7, 11) is -3.78. The van der Waals surface area contributed by atoms with Gasteiger partial charge in [0.15, 0.2) is 6.61 Å². The molecular formula is C18H19Cl2NO5S. The Hall–Kier alpha value is -1.80. The van der Waals surface area contributed by atoms with Crippen LogP contribution in [0.5, 0.6) is 5.75 Å². The topological polar surface area (TPSA) is 81.7 Å². The van der Waals surface area contributed by atoms with Gasteiger partial charge in [-0.3, -0.25) is 0 Å². The average molecular weight is 432 g/mol. The van der Waals surface area contributed by atoms with Crippen LogP contribution >= 0.6 is 23.2 Å². The zero-order chi connectivity index (χ0) is 19.9. The third kappa shape index (κ3) is 6.39. The fourth-order valence-corrected chi connectivity index (χ4v) is 4.03. The summed E-state index contributed by atoms with van der Waals surface area (Å²) < 4.78 is 37.4. The lowest BCUT2D eigenvalue weighted by molar-refractivity contribution is -0.145. The van der Waals surface area contributed by atoms with Crippen LogP contribution in [0.1, 0.15) is 12.5 Å². The number of carbonyl (C=O) groups excluding carboxylic acids is 1. The molecule has 0 aliphatic rings. The van der Waals surface area contributed by atoms with E-state index >= 15 is 0 Å². The molecule has 0 atom stereocenters. The van der Waals surface area contributed by atoms with Crippen LogP contribution < -0.4 is 9.46 Å². The van der Waals surface area contributed by atoms with E-state index in [-0.39, 0.29) is 28.1 Å². The molecule has 146 valence electrons. The van der Waals surface area contributed by atoms with Crippen molar-refractivity contribution in [1.82, 2.24) is 4.72 Å². The van der Waals surface area contributed by atoms with Gasteiger partial charge in [0.25, 0.3) is 0 Å². The van der Waals surface area contributed by atoms with Crippen molar-refractivity contribution in [3.05, 3.63) is 58.1 Å². The molecule has 6 nitrogen and oxygen atoms in total. The predicted molar refractivity (Wildman–Crippen MR) is 104 cm³/mol. The number of nitrogens with one attached hydrogen (secondary N) is 1. The summed E-state index contributed by atoms with van der Waals surface area (Å²) in [5.74, 6) is 0.0513. The first kappa shape index (κ1) is 21.5. The van der Waals surface area contributed by atoms with Gasteiger partial charge in [-0.2, -0.15) is 0 Å². The van der Waals surface area contributed by atoms with Crippen LogP contribution in [0.2, 0.25) is 10.0 Å². The number of rotatable bonds is 9. The van der Waals surface area contributed by atoms with Crippen molar-refractivity contribution in [2.45, 2.75) is 18.2 Å². The minimum absolute atomic E-state index is 0.0129. The Kier molecular flexibility index (Phi) is 7.91. The highest BCUT2D eigenvalue weighted by atomic mass is 35.5. The maximum Gasteiger partial charge on any atom is 0.344 e. The van der Waals surface area contributed by atoms with Crippen molar-refractivity contribution < 1.29 is 22.7 Å². The lowest BCUT2D eigenvalue weighted by atomic mass is 10.1. The summed E-state index contributed by atoms with van der Waals surface area (Å²) in [5, 5.41) is 0.159. The smallest absolute Gasteiger partial charge is 0.344 e. The fourth-order valence-electron chi connectivity index (χ4n) is 2.23. The molecule has 0 radical (unpaired) electrons. The molecule has 0 bridgehead atoms. The largest absolute Gasteiger partial charge is 0.482 e. The van der Waals surface area contributed by atoms with Crippen LogP contribution in [0.15, 0.2) is 47.4 Å². The zero-order valence-electron chi connectivity index (χ0n) is 14.6. The maximum absolute atomic E-state index is 12.4. The fraction of sp³-hybridized carbons (Fsp3) is 0.278. The monoisotopic (exact) mass is 431 g/mol. The minimum atomic E-state index is -3.78. The summed E-state index contributed by atoms with van der Waals surface area (Å²) in [6, 6.07) is 11.5. The summed E-state index contributed by atoms with van der Waals surface area (Å²) in [6.45, 7) is 1.98. The first-order valence-corrected chi connectivity index (χ1v) is 10.4. The molecule has 0 saturated heterocycles. The van der Waals surface area contributed by atoms with Crippen LogP contribution in [-0.2, 0) is 26.0 Å². The molecule has 0 heterocycles. The van der Waals surface area contributed by atoms with Gasteiger partial charge in [-0.15, -0.1) is 0 Å². The van der Waals surface area contributed by atoms with Gasteiger partial charge in [-0.25, -0.2) is 17.9 Å². The first-order valence-electron chi connectivity index (χ1n) is 8.14. The molecule has 0 aliphatic carbocycles. The third-order valence-electron chi connectivity index (χ3n) is 3.47. The van der Waals surface area contributed by atoms with Gasteiger partial charge >= 0.3 is 5.97 Å². The second-order valence-electron chi connectivity index (χ2n) is 5.44. The van der Waals surface area contributed by atoms with Crippen molar-refractivity contribution in [3.63, 3.8) is 0 Å². The summed E-state index contributed by atoms with van der Waals surface area (Å²) in [4.78, 5) is 11.3. The van der Waals surface area contributed by atoms with E-state index in [1.165, 1.54) is 18.2 Å². The van der Waals surface area contributed by atoms with Crippen LogP contribution in [-0.4, -0.2) is 34.1 Å². The average Bonchev–Trinajstić information content (AvgIpc) is 2.62. The number of sulfonamides is 1. The molecule has 0 fully saturated rings. The summed E-state index contributed by atoms with van der Waals surface area (Å²) in [6.07, 6.45) is 0.425. The van der Waals surface area contributed by atoms with Crippen molar-refractivity contribution in [2.75, 3.05) is 19.8 Å². The zero-order valence-corrected chi connectivity index (χ0v) is 16.9. The van der Waals surface area contributed by atoms with E-state index < -0.39 is 16.0 Å². The van der Waals surface area contributed by atoms with E-state index in [4.69, 9.17) is 32.7 Å².